The highest BCUT2D eigenvalue weighted by Gasteiger charge is 2.17. The molecule has 3 N–H and O–H groups in total. The standard InChI is InChI=1S/C17H18N2/c1-12-14-9-5-6-10-16(14)19-17(12)15(11-18)13-7-3-2-4-8-13/h2-10,15,19H,11,18H2,1H3. The highest BCUT2D eigenvalue weighted by atomic mass is 14.7. The van der Waals surface area contributed by atoms with Gasteiger partial charge in [-0.05, 0) is 24.1 Å². The Bertz CT molecular complexity index is 683. The van der Waals surface area contributed by atoms with Gasteiger partial charge in [0.25, 0.3) is 0 Å². The van der Waals surface area contributed by atoms with Crippen LogP contribution in [0.25, 0.3) is 10.9 Å². The Balaban J connectivity index is 2.14. The SMILES string of the molecule is Cc1c(C(CN)c2ccccc2)[nH]c2ccccc12. The number of benzene rings is 2. The summed E-state index contributed by atoms with van der Waals surface area (Å²) in [7, 11) is 0. The Hall–Kier alpha value is -2.06. The number of para-hydroxylation sites is 1. The zero-order chi connectivity index (χ0) is 13.2. The van der Waals surface area contributed by atoms with Crippen molar-refractivity contribution in [3.8, 4) is 0 Å². The van der Waals surface area contributed by atoms with E-state index in [0.29, 0.717) is 6.54 Å². The first-order valence-corrected chi connectivity index (χ1v) is 6.63. The number of nitrogens with two attached hydrogens (primary N) is 1. The summed E-state index contributed by atoms with van der Waals surface area (Å²) >= 11 is 0. The zero-order valence-electron chi connectivity index (χ0n) is 11.1. The molecule has 0 spiro atoms. The fourth-order valence-corrected chi connectivity index (χ4v) is 2.76. The third-order valence-corrected chi connectivity index (χ3v) is 3.79. The molecule has 3 rings (SSSR count). The maximum atomic E-state index is 6.01. The molecule has 0 saturated carbocycles. The first kappa shape index (κ1) is 12.0. The zero-order valence-corrected chi connectivity index (χ0v) is 11.1. The second-order valence-corrected chi connectivity index (χ2v) is 4.91. The molecule has 0 fully saturated rings. The topological polar surface area (TPSA) is 41.8 Å². The van der Waals surface area contributed by atoms with E-state index in [0.717, 1.165) is 0 Å². The molecule has 0 bridgehead atoms. The quantitative estimate of drug-likeness (QED) is 0.733. The molecule has 19 heavy (non-hydrogen) atoms. The van der Waals surface area contributed by atoms with Crippen molar-refractivity contribution in [3.05, 3.63) is 71.4 Å². The van der Waals surface area contributed by atoms with Gasteiger partial charge in [0.05, 0.1) is 0 Å². The van der Waals surface area contributed by atoms with Crippen molar-refractivity contribution in [1.82, 2.24) is 4.98 Å². The van der Waals surface area contributed by atoms with Crippen LogP contribution in [0.15, 0.2) is 54.6 Å². The maximum absolute atomic E-state index is 6.01. The van der Waals surface area contributed by atoms with Crippen LogP contribution in [0.4, 0.5) is 0 Å². The van der Waals surface area contributed by atoms with E-state index in [1.165, 1.54) is 27.7 Å². The molecule has 96 valence electrons. The van der Waals surface area contributed by atoms with Crippen LogP contribution in [-0.4, -0.2) is 11.5 Å². The Morgan fingerprint density at radius 1 is 1.00 bits per heavy atom. The van der Waals surface area contributed by atoms with Gasteiger partial charge in [0.15, 0.2) is 0 Å². The monoisotopic (exact) mass is 250 g/mol. The number of fused-ring (bicyclic) bond motifs is 1. The predicted octanol–water partition coefficient (Wildman–Crippen LogP) is 3.57. The van der Waals surface area contributed by atoms with Crippen LogP contribution < -0.4 is 5.73 Å². The van der Waals surface area contributed by atoms with Gasteiger partial charge in [-0.25, -0.2) is 0 Å². The molecule has 1 heterocycles. The van der Waals surface area contributed by atoms with E-state index in [2.05, 4.69) is 60.4 Å². The molecule has 0 aliphatic rings. The molecule has 0 amide bonds. The Morgan fingerprint density at radius 3 is 2.37 bits per heavy atom. The molecule has 2 aromatic carbocycles. The van der Waals surface area contributed by atoms with Gasteiger partial charge in [-0.3, -0.25) is 0 Å². The largest absolute Gasteiger partial charge is 0.358 e. The predicted molar refractivity (Wildman–Crippen MR) is 80.4 cm³/mol. The van der Waals surface area contributed by atoms with Crippen LogP contribution in [0.3, 0.4) is 0 Å². The first-order chi connectivity index (χ1) is 9.31. The number of H-pyrrole nitrogens is 1. The molecule has 0 saturated heterocycles. The summed E-state index contributed by atoms with van der Waals surface area (Å²) in [6, 6.07) is 18.9. The van der Waals surface area contributed by atoms with Gasteiger partial charge in [-0.1, -0.05) is 48.5 Å². The van der Waals surface area contributed by atoms with E-state index in [1.54, 1.807) is 0 Å². The lowest BCUT2D eigenvalue weighted by molar-refractivity contribution is 0.791. The Morgan fingerprint density at radius 2 is 1.68 bits per heavy atom. The molecule has 1 atom stereocenters. The van der Waals surface area contributed by atoms with Gasteiger partial charge in [0.1, 0.15) is 0 Å². The minimum Gasteiger partial charge on any atom is -0.358 e. The fraction of sp³-hybridized carbons (Fsp3) is 0.176. The van der Waals surface area contributed by atoms with Crippen molar-refractivity contribution in [2.24, 2.45) is 5.73 Å². The molecule has 3 aromatic rings. The van der Waals surface area contributed by atoms with Gasteiger partial charge in [0, 0.05) is 29.1 Å². The Kier molecular flexibility index (Phi) is 3.10. The van der Waals surface area contributed by atoms with E-state index >= 15 is 0 Å². The smallest absolute Gasteiger partial charge is 0.0459 e. The number of aryl methyl sites for hydroxylation is 1. The van der Waals surface area contributed by atoms with E-state index in [9.17, 15) is 0 Å². The first-order valence-electron chi connectivity index (χ1n) is 6.63. The number of aromatic amines is 1. The molecular formula is C17H18N2. The Labute approximate surface area is 113 Å². The van der Waals surface area contributed by atoms with E-state index in [-0.39, 0.29) is 5.92 Å². The van der Waals surface area contributed by atoms with Crippen molar-refractivity contribution >= 4 is 10.9 Å². The average molecular weight is 250 g/mol. The lowest BCUT2D eigenvalue weighted by atomic mass is 9.93. The summed E-state index contributed by atoms with van der Waals surface area (Å²) in [4.78, 5) is 3.53. The summed E-state index contributed by atoms with van der Waals surface area (Å²) < 4.78 is 0. The number of hydrogen-bond donors (Lipinski definition) is 2. The lowest BCUT2D eigenvalue weighted by Crippen LogP contribution is -2.15. The molecule has 0 aliphatic heterocycles. The van der Waals surface area contributed by atoms with Crippen molar-refractivity contribution in [3.63, 3.8) is 0 Å². The van der Waals surface area contributed by atoms with Gasteiger partial charge in [-0.15, -0.1) is 0 Å². The highest BCUT2D eigenvalue weighted by molar-refractivity contribution is 5.84. The number of nitrogens with one attached hydrogen (secondary N) is 1. The maximum Gasteiger partial charge on any atom is 0.0459 e. The summed E-state index contributed by atoms with van der Waals surface area (Å²) in [5.41, 5.74) is 11.0. The third kappa shape index (κ3) is 2.04. The van der Waals surface area contributed by atoms with Crippen LogP contribution in [0, 0.1) is 6.92 Å². The van der Waals surface area contributed by atoms with Crippen LogP contribution in [-0.2, 0) is 0 Å². The summed E-state index contributed by atoms with van der Waals surface area (Å²) in [5, 5.41) is 1.28. The van der Waals surface area contributed by atoms with E-state index in [4.69, 9.17) is 5.73 Å². The molecule has 2 heteroatoms. The van der Waals surface area contributed by atoms with Crippen LogP contribution in [0.2, 0.25) is 0 Å². The van der Waals surface area contributed by atoms with Gasteiger partial charge in [-0.2, -0.15) is 0 Å². The van der Waals surface area contributed by atoms with Gasteiger partial charge < -0.3 is 10.7 Å². The number of aromatic nitrogens is 1. The minimum absolute atomic E-state index is 0.230. The van der Waals surface area contributed by atoms with Crippen LogP contribution in [0.1, 0.15) is 22.7 Å². The van der Waals surface area contributed by atoms with Crippen molar-refractivity contribution in [2.75, 3.05) is 6.54 Å². The lowest BCUT2D eigenvalue weighted by Gasteiger charge is -2.15. The molecular weight excluding hydrogens is 232 g/mol. The minimum atomic E-state index is 0.230. The summed E-state index contributed by atoms with van der Waals surface area (Å²) in [6.45, 7) is 2.78. The normalized spacial score (nSPS) is 12.7. The molecule has 1 unspecified atom stereocenters. The van der Waals surface area contributed by atoms with E-state index in [1.807, 2.05) is 6.07 Å². The fourth-order valence-electron chi connectivity index (χ4n) is 2.76. The number of rotatable bonds is 3. The van der Waals surface area contributed by atoms with Gasteiger partial charge in [0.2, 0.25) is 0 Å². The van der Waals surface area contributed by atoms with Crippen molar-refractivity contribution < 1.29 is 0 Å². The third-order valence-electron chi connectivity index (χ3n) is 3.79. The second kappa shape index (κ2) is 4.90. The number of hydrogen-bond acceptors (Lipinski definition) is 1. The molecule has 1 aromatic heterocycles. The van der Waals surface area contributed by atoms with Crippen molar-refractivity contribution in [2.45, 2.75) is 12.8 Å². The summed E-state index contributed by atoms with van der Waals surface area (Å²) in [5.74, 6) is 0.230. The second-order valence-electron chi connectivity index (χ2n) is 4.91. The van der Waals surface area contributed by atoms with Crippen LogP contribution in [0.5, 0.6) is 0 Å². The molecule has 0 aliphatic carbocycles. The highest BCUT2D eigenvalue weighted by Crippen LogP contribution is 2.30. The van der Waals surface area contributed by atoms with Crippen LogP contribution >= 0.6 is 0 Å². The summed E-state index contributed by atoms with van der Waals surface area (Å²) in [6.07, 6.45) is 0. The average Bonchev–Trinajstić information content (AvgIpc) is 2.79. The van der Waals surface area contributed by atoms with Gasteiger partial charge >= 0.3 is 0 Å². The molecule has 0 radical (unpaired) electrons. The van der Waals surface area contributed by atoms with Crippen molar-refractivity contribution in [1.29, 1.82) is 0 Å². The molecule has 2 nitrogen and oxygen atoms in total. The van der Waals surface area contributed by atoms with E-state index < -0.39 is 0 Å².